The van der Waals surface area contributed by atoms with Crippen LogP contribution in [-0.2, 0) is 11.3 Å². The number of hydrogen-bond acceptors (Lipinski definition) is 6. The summed E-state index contributed by atoms with van der Waals surface area (Å²) in [7, 11) is 0. The van der Waals surface area contributed by atoms with Crippen LogP contribution in [0.3, 0.4) is 0 Å². The zero-order valence-electron chi connectivity index (χ0n) is 24.2. The zero-order valence-corrected chi connectivity index (χ0v) is 25.7. The van der Waals surface area contributed by atoms with Gasteiger partial charge in [-0.05, 0) is 73.7 Å². The van der Waals surface area contributed by atoms with Gasteiger partial charge in [0.05, 0.1) is 42.3 Å². The lowest BCUT2D eigenvalue weighted by molar-refractivity contribution is -0.0498. The Kier molecular flexibility index (Phi) is 7.39. The molecule has 3 aliphatic rings. The van der Waals surface area contributed by atoms with Crippen LogP contribution < -0.4 is 5.56 Å². The largest absolute Gasteiger partial charge is 0.465 e. The number of aliphatic hydroxyl groups is 1. The fourth-order valence-corrected chi connectivity index (χ4v) is 7.03. The molecule has 45 heavy (non-hydrogen) atoms. The number of morpholine rings is 1. The third-order valence-electron chi connectivity index (χ3n) is 9.32. The second kappa shape index (κ2) is 11.2. The maximum absolute atomic E-state index is 13.5. The number of aromatic nitrogens is 3. The number of ether oxygens (including phenoxy) is 1. The number of rotatable bonds is 5. The highest BCUT2D eigenvalue weighted by molar-refractivity contribution is 6.31. The average Bonchev–Trinajstić information content (AvgIpc) is 3.70. The van der Waals surface area contributed by atoms with Crippen LogP contribution >= 0.6 is 23.2 Å². The monoisotopic (exact) mass is 651 g/mol. The van der Waals surface area contributed by atoms with Gasteiger partial charge in [-0.15, -0.1) is 0 Å². The van der Waals surface area contributed by atoms with Crippen LogP contribution in [0.2, 0.25) is 10.2 Å². The number of nitrogens with zero attached hydrogens (tertiary/aromatic N) is 5. The number of likely N-dealkylation sites (tertiary alicyclic amines) is 1. The van der Waals surface area contributed by atoms with E-state index in [9.17, 15) is 24.6 Å². The number of carboxylic acid groups (broad SMARTS) is 1. The summed E-state index contributed by atoms with van der Waals surface area (Å²) in [6, 6.07) is 15.2. The lowest BCUT2D eigenvalue weighted by atomic mass is 9.91. The number of carbonyl (C=O) groups excluding carboxylic acids is 1. The number of carbonyl (C=O) groups is 2. The molecule has 234 valence electrons. The predicted molar refractivity (Wildman–Crippen MR) is 167 cm³/mol. The number of piperidine rings is 1. The van der Waals surface area contributed by atoms with Crippen molar-refractivity contribution in [3.05, 3.63) is 92.6 Å². The van der Waals surface area contributed by atoms with Crippen molar-refractivity contribution in [3.8, 4) is 5.69 Å². The van der Waals surface area contributed by atoms with Gasteiger partial charge in [-0.3, -0.25) is 23.6 Å². The van der Waals surface area contributed by atoms with Crippen LogP contribution in [0.25, 0.3) is 16.7 Å². The molecule has 11 nitrogen and oxygen atoms in total. The Bertz CT molecular complexity index is 1840. The maximum Gasteiger partial charge on any atom is 0.408 e. The molecule has 1 spiro atoms. The Morgan fingerprint density at radius 3 is 2.33 bits per heavy atom. The smallest absolute Gasteiger partial charge is 0.408 e. The molecule has 4 aromatic rings. The SMILES string of the molecule is O=C(c1ccc(Cl)cc1)N1CCC(O)(Cn2cnc3c(cc(Cl)n3-c3ccc(C4COCC5(CC5)N4C(=O)O)cc3)c2=O)CC1. The van der Waals surface area contributed by atoms with E-state index in [1.807, 2.05) is 24.3 Å². The van der Waals surface area contributed by atoms with Crippen molar-refractivity contribution in [2.75, 3.05) is 26.3 Å². The van der Waals surface area contributed by atoms with Gasteiger partial charge in [-0.2, -0.15) is 0 Å². The summed E-state index contributed by atoms with van der Waals surface area (Å²) in [5.41, 5.74) is 0.415. The lowest BCUT2D eigenvalue weighted by Gasteiger charge is -2.41. The van der Waals surface area contributed by atoms with E-state index in [0.717, 1.165) is 18.4 Å². The molecule has 2 N–H and O–H groups in total. The van der Waals surface area contributed by atoms with Crippen LogP contribution in [-0.4, -0.2) is 83.6 Å². The van der Waals surface area contributed by atoms with Gasteiger partial charge in [0.15, 0.2) is 5.65 Å². The summed E-state index contributed by atoms with van der Waals surface area (Å²) in [5.74, 6) is -0.129. The average molecular weight is 653 g/mol. The highest BCUT2D eigenvalue weighted by Gasteiger charge is 2.55. The van der Waals surface area contributed by atoms with Crippen LogP contribution in [0, 0.1) is 0 Å². The Morgan fingerprint density at radius 2 is 1.69 bits per heavy atom. The Labute approximate surface area is 268 Å². The van der Waals surface area contributed by atoms with Crippen molar-refractivity contribution >= 4 is 46.2 Å². The zero-order chi connectivity index (χ0) is 31.5. The molecule has 0 bridgehead atoms. The van der Waals surface area contributed by atoms with Crippen molar-refractivity contribution < 1.29 is 24.5 Å². The van der Waals surface area contributed by atoms with Crippen molar-refractivity contribution in [1.82, 2.24) is 23.9 Å². The molecule has 0 radical (unpaired) electrons. The number of fused-ring (bicyclic) bond motifs is 1. The first kappa shape index (κ1) is 29.8. The fraction of sp³-hybridized carbons (Fsp3) is 0.375. The van der Waals surface area contributed by atoms with Crippen LogP contribution in [0.1, 0.15) is 47.6 Å². The molecule has 1 saturated carbocycles. The Hall–Kier alpha value is -3.90. The molecule has 2 aliphatic heterocycles. The molecule has 1 unspecified atom stereocenters. The molecular weight excluding hydrogens is 621 g/mol. The minimum Gasteiger partial charge on any atom is -0.465 e. The van der Waals surface area contributed by atoms with E-state index in [0.29, 0.717) is 59.8 Å². The van der Waals surface area contributed by atoms with Gasteiger partial charge >= 0.3 is 6.09 Å². The van der Waals surface area contributed by atoms with Gasteiger partial charge in [0, 0.05) is 29.4 Å². The summed E-state index contributed by atoms with van der Waals surface area (Å²) >= 11 is 12.6. The molecule has 3 fully saturated rings. The van der Waals surface area contributed by atoms with Crippen LogP contribution in [0.4, 0.5) is 4.79 Å². The summed E-state index contributed by atoms with van der Waals surface area (Å²) in [4.78, 5) is 46.3. The van der Waals surface area contributed by atoms with Crippen molar-refractivity contribution in [2.45, 2.75) is 49.4 Å². The maximum atomic E-state index is 13.5. The molecule has 2 aromatic carbocycles. The standard InChI is InChI=1S/C32H31Cl2N5O6/c33-22-5-1-21(2-6-22)28(40)36-13-11-32(44,12-14-36)17-37-19-35-27-24(29(37)41)15-26(34)38(27)23-7-3-20(4-8-23)25-16-45-18-31(9-10-31)39(25)30(42)43/h1-8,15,19,25,44H,9-14,16-18H2,(H,42,43). The highest BCUT2D eigenvalue weighted by Crippen LogP contribution is 2.49. The van der Waals surface area contributed by atoms with E-state index in [2.05, 4.69) is 4.98 Å². The molecule has 13 heteroatoms. The summed E-state index contributed by atoms with van der Waals surface area (Å²) < 4.78 is 8.83. The van der Waals surface area contributed by atoms with E-state index >= 15 is 0 Å². The second-order valence-electron chi connectivity index (χ2n) is 12.2. The van der Waals surface area contributed by atoms with Crippen LogP contribution in [0.5, 0.6) is 0 Å². The molecular formula is C32H31Cl2N5O6. The molecule has 1 aliphatic carbocycles. The van der Waals surface area contributed by atoms with E-state index in [1.165, 1.54) is 15.8 Å². The third kappa shape index (κ3) is 5.37. The van der Waals surface area contributed by atoms with Crippen LogP contribution in [0.15, 0.2) is 65.7 Å². The minimum atomic E-state index is -1.19. The van der Waals surface area contributed by atoms with Crippen molar-refractivity contribution in [2.24, 2.45) is 0 Å². The summed E-state index contributed by atoms with van der Waals surface area (Å²) in [6.45, 7) is 1.42. The summed E-state index contributed by atoms with van der Waals surface area (Å²) in [5, 5.41) is 22.4. The fourth-order valence-electron chi connectivity index (χ4n) is 6.61. The van der Waals surface area contributed by atoms with Gasteiger partial charge < -0.3 is 19.8 Å². The van der Waals surface area contributed by atoms with Gasteiger partial charge in [0.2, 0.25) is 0 Å². The molecule has 2 saturated heterocycles. The number of amides is 2. The van der Waals surface area contributed by atoms with Gasteiger partial charge in [-0.25, -0.2) is 9.78 Å². The quantitative estimate of drug-likeness (QED) is 0.319. The first-order valence-corrected chi connectivity index (χ1v) is 15.6. The highest BCUT2D eigenvalue weighted by atomic mass is 35.5. The van der Waals surface area contributed by atoms with Crippen molar-refractivity contribution in [1.29, 1.82) is 0 Å². The first-order chi connectivity index (χ1) is 21.6. The van der Waals surface area contributed by atoms with E-state index in [1.54, 1.807) is 39.8 Å². The number of halogens is 2. The van der Waals surface area contributed by atoms with Crippen molar-refractivity contribution in [3.63, 3.8) is 0 Å². The summed E-state index contributed by atoms with van der Waals surface area (Å²) in [6.07, 6.45) is 2.65. The normalized spacial score (nSPS) is 20.5. The predicted octanol–water partition coefficient (Wildman–Crippen LogP) is 4.75. The van der Waals surface area contributed by atoms with E-state index in [4.69, 9.17) is 27.9 Å². The molecule has 7 rings (SSSR count). The van der Waals surface area contributed by atoms with Gasteiger partial charge in [0.1, 0.15) is 11.5 Å². The molecule has 4 heterocycles. The molecule has 2 amide bonds. The molecule has 2 aromatic heterocycles. The Balaban J connectivity index is 1.08. The minimum absolute atomic E-state index is 0.0280. The first-order valence-electron chi connectivity index (χ1n) is 14.8. The third-order valence-corrected chi connectivity index (χ3v) is 9.85. The lowest BCUT2D eigenvalue weighted by Crippen LogP contribution is -2.51. The number of hydrogen-bond donors (Lipinski definition) is 2. The second-order valence-corrected chi connectivity index (χ2v) is 13.1. The Morgan fingerprint density at radius 1 is 1.00 bits per heavy atom. The number of benzene rings is 2. The van der Waals surface area contributed by atoms with Gasteiger partial charge in [0.25, 0.3) is 11.5 Å². The van der Waals surface area contributed by atoms with E-state index < -0.39 is 23.3 Å². The topological polar surface area (TPSA) is 130 Å². The van der Waals surface area contributed by atoms with Gasteiger partial charge in [-0.1, -0.05) is 35.3 Å². The van der Waals surface area contributed by atoms with E-state index in [-0.39, 0.29) is 29.8 Å². The molecule has 1 atom stereocenters.